The van der Waals surface area contributed by atoms with Crippen LogP contribution in [0.5, 0.6) is 0 Å². The fourth-order valence-electron chi connectivity index (χ4n) is 2.32. The molecule has 0 bridgehead atoms. The summed E-state index contributed by atoms with van der Waals surface area (Å²) >= 11 is 0. The van der Waals surface area contributed by atoms with Gasteiger partial charge < -0.3 is 19.9 Å². The van der Waals surface area contributed by atoms with Gasteiger partial charge in [-0.25, -0.2) is 4.79 Å². The van der Waals surface area contributed by atoms with E-state index in [9.17, 15) is 9.90 Å². The molecule has 1 saturated carbocycles. The van der Waals surface area contributed by atoms with E-state index in [-0.39, 0.29) is 11.9 Å². The van der Waals surface area contributed by atoms with E-state index in [1.807, 2.05) is 12.1 Å². The molecule has 100 valence electrons. The van der Waals surface area contributed by atoms with Crippen LogP contribution >= 0.6 is 0 Å². The largest absolute Gasteiger partial charge is 0.475 e. The van der Waals surface area contributed by atoms with Crippen molar-refractivity contribution in [1.82, 2.24) is 5.32 Å². The van der Waals surface area contributed by atoms with Crippen LogP contribution in [0.4, 0.5) is 0 Å². The molecular formula is C14H15NO4. The van der Waals surface area contributed by atoms with Crippen molar-refractivity contribution in [2.45, 2.75) is 31.5 Å². The van der Waals surface area contributed by atoms with Gasteiger partial charge >= 0.3 is 5.97 Å². The Labute approximate surface area is 109 Å². The molecule has 3 N–H and O–H groups in total. The van der Waals surface area contributed by atoms with Crippen LogP contribution in [0.2, 0.25) is 0 Å². The van der Waals surface area contributed by atoms with Gasteiger partial charge in [0.25, 0.3) is 0 Å². The molecule has 1 aliphatic rings. The topological polar surface area (TPSA) is 82.7 Å². The monoisotopic (exact) mass is 261 g/mol. The van der Waals surface area contributed by atoms with E-state index in [1.165, 1.54) is 6.07 Å². The summed E-state index contributed by atoms with van der Waals surface area (Å²) in [6, 6.07) is 7.54. The molecule has 1 heterocycles. The Kier molecular flexibility index (Phi) is 3.00. The Bertz CT molecular complexity index is 613. The molecule has 1 aromatic carbocycles. The van der Waals surface area contributed by atoms with Gasteiger partial charge in [-0.2, -0.15) is 0 Å². The van der Waals surface area contributed by atoms with Gasteiger partial charge in [-0.1, -0.05) is 6.07 Å². The lowest BCUT2D eigenvalue weighted by molar-refractivity contribution is 0.0618. The van der Waals surface area contributed by atoms with E-state index >= 15 is 0 Å². The highest BCUT2D eigenvalue weighted by molar-refractivity contribution is 5.91. The van der Waals surface area contributed by atoms with E-state index in [0.717, 1.165) is 23.8 Å². The summed E-state index contributed by atoms with van der Waals surface area (Å²) in [6.07, 6.45) is 1.45. The molecule has 0 aliphatic heterocycles. The molecule has 0 unspecified atom stereocenters. The van der Waals surface area contributed by atoms with Crippen LogP contribution in [0.15, 0.2) is 28.7 Å². The number of carboxylic acids is 1. The van der Waals surface area contributed by atoms with Crippen molar-refractivity contribution in [1.29, 1.82) is 0 Å². The molecule has 0 atom stereocenters. The van der Waals surface area contributed by atoms with Crippen LogP contribution in [-0.2, 0) is 6.54 Å². The molecule has 1 aliphatic carbocycles. The lowest BCUT2D eigenvalue weighted by atomic mass is 9.89. The number of furan rings is 1. The third-order valence-electron chi connectivity index (χ3n) is 3.50. The Balaban J connectivity index is 1.72. The fourth-order valence-corrected chi connectivity index (χ4v) is 2.32. The number of hydrogen-bond acceptors (Lipinski definition) is 4. The minimum atomic E-state index is -1.06. The molecule has 2 aromatic rings. The van der Waals surface area contributed by atoms with Crippen molar-refractivity contribution in [3.05, 3.63) is 35.6 Å². The van der Waals surface area contributed by atoms with Crippen LogP contribution in [0.1, 0.15) is 29.0 Å². The summed E-state index contributed by atoms with van der Waals surface area (Å²) in [6.45, 7) is 0.709. The molecule has 0 spiro atoms. The maximum atomic E-state index is 10.8. The molecule has 3 rings (SSSR count). The Morgan fingerprint density at radius 2 is 2.16 bits per heavy atom. The second-order valence-electron chi connectivity index (χ2n) is 4.99. The van der Waals surface area contributed by atoms with Crippen molar-refractivity contribution in [2.75, 3.05) is 0 Å². The van der Waals surface area contributed by atoms with E-state index in [2.05, 4.69) is 5.32 Å². The fraction of sp³-hybridized carbons (Fsp3) is 0.357. The Hall–Kier alpha value is -1.85. The number of aliphatic hydroxyl groups excluding tert-OH is 1. The maximum absolute atomic E-state index is 10.8. The number of rotatable bonds is 4. The number of aliphatic hydroxyl groups is 1. The number of nitrogens with one attached hydrogen (secondary N) is 1. The maximum Gasteiger partial charge on any atom is 0.371 e. The van der Waals surface area contributed by atoms with Crippen molar-refractivity contribution in [3.63, 3.8) is 0 Å². The van der Waals surface area contributed by atoms with Crippen LogP contribution in [0, 0.1) is 0 Å². The van der Waals surface area contributed by atoms with Crippen molar-refractivity contribution < 1.29 is 19.4 Å². The lowest BCUT2D eigenvalue weighted by Gasteiger charge is -2.32. The van der Waals surface area contributed by atoms with Gasteiger partial charge in [0.1, 0.15) is 5.58 Å². The van der Waals surface area contributed by atoms with Crippen LogP contribution in [0.3, 0.4) is 0 Å². The Morgan fingerprint density at radius 1 is 1.37 bits per heavy atom. The lowest BCUT2D eigenvalue weighted by Crippen LogP contribution is -2.43. The number of carboxylic acid groups (broad SMARTS) is 1. The molecule has 5 heteroatoms. The number of hydrogen-bond donors (Lipinski definition) is 3. The zero-order chi connectivity index (χ0) is 13.4. The molecule has 19 heavy (non-hydrogen) atoms. The smallest absolute Gasteiger partial charge is 0.371 e. The Morgan fingerprint density at radius 3 is 2.84 bits per heavy atom. The quantitative estimate of drug-likeness (QED) is 0.781. The minimum absolute atomic E-state index is 0.0396. The minimum Gasteiger partial charge on any atom is -0.475 e. The number of aromatic carboxylic acids is 1. The van der Waals surface area contributed by atoms with Crippen molar-refractivity contribution in [2.24, 2.45) is 0 Å². The molecule has 0 radical (unpaired) electrons. The summed E-state index contributed by atoms with van der Waals surface area (Å²) in [4.78, 5) is 10.8. The molecule has 1 aromatic heterocycles. The third kappa shape index (κ3) is 2.47. The first kappa shape index (κ1) is 12.2. The average Bonchev–Trinajstić information content (AvgIpc) is 2.76. The van der Waals surface area contributed by atoms with E-state index in [0.29, 0.717) is 18.2 Å². The van der Waals surface area contributed by atoms with Gasteiger partial charge in [-0.15, -0.1) is 0 Å². The van der Waals surface area contributed by atoms with Gasteiger partial charge in [0.15, 0.2) is 0 Å². The molecule has 1 fully saturated rings. The zero-order valence-corrected chi connectivity index (χ0v) is 10.3. The first-order valence-corrected chi connectivity index (χ1v) is 6.29. The van der Waals surface area contributed by atoms with E-state index in [1.54, 1.807) is 6.07 Å². The van der Waals surface area contributed by atoms with E-state index < -0.39 is 5.97 Å². The summed E-state index contributed by atoms with van der Waals surface area (Å²) in [5.41, 5.74) is 1.66. The second-order valence-corrected chi connectivity index (χ2v) is 4.99. The molecular weight excluding hydrogens is 246 g/mol. The number of carbonyl (C=O) groups is 1. The van der Waals surface area contributed by atoms with Gasteiger partial charge in [0.2, 0.25) is 5.76 Å². The van der Waals surface area contributed by atoms with Crippen LogP contribution < -0.4 is 5.32 Å². The predicted octanol–water partition coefficient (Wildman–Crippen LogP) is 1.74. The number of fused-ring (bicyclic) bond motifs is 1. The van der Waals surface area contributed by atoms with Crippen molar-refractivity contribution >= 4 is 16.9 Å². The standard InChI is InChI=1S/C14H15NO4/c16-11-5-10(6-11)15-7-8-1-2-12-9(3-8)4-13(19-12)14(17)18/h1-4,10-11,15-16H,5-7H2,(H,17,18). The average molecular weight is 261 g/mol. The second kappa shape index (κ2) is 4.68. The highest BCUT2D eigenvalue weighted by Crippen LogP contribution is 2.22. The molecule has 5 nitrogen and oxygen atoms in total. The highest BCUT2D eigenvalue weighted by atomic mass is 16.4. The van der Waals surface area contributed by atoms with Crippen LogP contribution in [0.25, 0.3) is 11.0 Å². The molecule has 0 amide bonds. The summed E-state index contributed by atoms with van der Waals surface area (Å²) in [5, 5.41) is 22.2. The summed E-state index contributed by atoms with van der Waals surface area (Å²) < 4.78 is 5.20. The van der Waals surface area contributed by atoms with Crippen LogP contribution in [-0.4, -0.2) is 28.3 Å². The SMILES string of the molecule is O=C(O)c1cc2cc(CNC3CC(O)C3)ccc2o1. The molecule has 0 saturated heterocycles. The first-order chi connectivity index (χ1) is 9.11. The zero-order valence-electron chi connectivity index (χ0n) is 10.3. The summed E-state index contributed by atoms with van der Waals surface area (Å²) in [7, 11) is 0. The summed E-state index contributed by atoms with van der Waals surface area (Å²) in [5.74, 6) is -1.10. The first-order valence-electron chi connectivity index (χ1n) is 6.29. The normalized spacial score (nSPS) is 22.4. The van der Waals surface area contributed by atoms with Crippen molar-refractivity contribution in [3.8, 4) is 0 Å². The van der Waals surface area contributed by atoms with E-state index in [4.69, 9.17) is 9.52 Å². The number of benzene rings is 1. The third-order valence-corrected chi connectivity index (χ3v) is 3.50. The van der Waals surface area contributed by atoms with Gasteiger partial charge in [0.05, 0.1) is 6.10 Å². The van der Waals surface area contributed by atoms with Gasteiger partial charge in [0, 0.05) is 18.0 Å². The van der Waals surface area contributed by atoms with Gasteiger partial charge in [-0.3, -0.25) is 0 Å². The highest BCUT2D eigenvalue weighted by Gasteiger charge is 2.26. The van der Waals surface area contributed by atoms with Gasteiger partial charge in [-0.05, 0) is 36.6 Å². The predicted molar refractivity (Wildman–Crippen MR) is 69.0 cm³/mol.